The number of pyridine rings is 1. The minimum absolute atomic E-state index is 0.0607. The van der Waals surface area contributed by atoms with Crippen LogP contribution in [0.25, 0.3) is 0 Å². The monoisotopic (exact) mass is 267 g/mol. The third-order valence-electron chi connectivity index (χ3n) is 2.76. The highest BCUT2D eigenvalue weighted by Crippen LogP contribution is 2.31. The molecule has 1 fully saturated rings. The summed E-state index contributed by atoms with van der Waals surface area (Å²) in [6, 6.07) is 1.19. The maximum atomic E-state index is 11.8. The van der Waals surface area contributed by atoms with Gasteiger partial charge in [-0.1, -0.05) is 17.7 Å². The van der Waals surface area contributed by atoms with Crippen molar-refractivity contribution in [1.82, 2.24) is 4.98 Å². The lowest BCUT2D eigenvalue weighted by molar-refractivity contribution is -0.385. The molecular weight excluding hydrogens is 258 g/mol. The van der Waals surface area contributed by atoms with Crippen molar-refractivity contribution in [2.24, 2.45) is 5.92 Å². The Hall–Kier alpha value is -1.95. The Bertz CT molecular complexity index is 532. The zero-order valence-electron chi connectivity index (χ0n) is 9.38. The van der Waals surface area contributed by atoms with E-state index < -0.39 is 4.92 Å². The molecule has 1 aliphatic heterocycles. The summed E-state index contributed by atoms with van der Waals surface area (Å²) in [5, 5.41) is 10.7. The Morgan fingerprint density at radius 1 is 1.67 bits per heavy atom. The smallest absolute Gasteiger partial charge is 0.289 e. The molecule has 0 N–H and O–H groups in total. The number of carbonyl (C=O) groups is 1. The van der Waals surface area contributed by atoms with Gasteiger partial charge in [-0.2, -0.15) is 0 Å². The third kappa shape index (κ3) is 2.19. The molecule has 0 radical (unpaired) electrons. The Labute approximate surface area is 108 Å². The largest absolute Gasteiger partial charge is 0.295 e. The highest BCUT2D eigenvalue weighted by atomic mass is 35.5. The van der Waals surface area contributed by atoms with Gasteiger partial charge in [0.2, 0.25) is 5.91 Å². The van der Waals surface area contributed by atoms with Crippen LogP contribution in [0.2, 0.25) is 5.02 Å². The van der Waals surface area contributed by atoms with Gasteiger partial charge in [0.15, 0.2) is 5.82 Å². The van der Waals surface area contributed by atoms with Crippen LogP contribution in [-0.2, 0) is 4.79 Å². The summed E-state index contributed by atoms with van der Waals surface area (Å²) in [5.41, 5.74) is -0.198. The number of carbonyl (C=O) groups excluding carboxylic acids is 1. The Balaban J connectivity index is 2.32. The van der Waals surface area contributed by atoms with Gasteiger partial charge in [0.1, 0.15) is 6.20 Å². The lowest BCUT2D eigenvalue weighted by atomic mass is 10.1. The van der Waals surface area contributed by atoms with Gasteiger partial charge in [0.05, 0.1) is 9.95 Å². The number of hydrogen-bond acceptors (Lipinski definition) is 4. The number of nitro groups is 1. The first-order chi connectivity index (χ1) is 8.52. The summed E-state index contributed by atoms with van der Waals surface area (Å²) in [4.78, 5) is 27.1. The molecule has 1 aliphatic rings. The maximum Gasteiger partial charge on any atom is 0.289 e. The van der Waals surface area contributed by atoms with Crippen LogP contribution in [0.5, 0.6) is 0 Å². The van der Waals surface area contributed by atoms with Gasteiger partial charge < -0.3 is 0 Å². The summed E-state index contributed by atoms with van der Waals surface area (Å²) >= 11 is 5.92. The van der Waals surface area contributed by atoms with Crippen LogP contribution >= 0.6 is 11.6 Å². The van der Waals surface area contributed by atoms with Gasteiger partial charge in [-0.15, -0.1) is 6.58 Å². The predicted octanol–water partition coefficient (Wildman–Crippen LogP) is 2.18. The molecule has 6 nitrogen and oxygen atoms in total. The second kappa shape index (κ2) is 4.73. The summed E-state index contributed by atoms with van der Waals surface area (Å²) in [7, 11) is 0. The van der Waals surface area contributed by atoms with Crippen molar-refractivity contribution in [2.75, 3.05) is 11.4 Å². The Morgan fingerprint density at radius 3 is 2.89 bits per heavy atom. The maximum absolute atomic E-state index is 11.8. The van der Waals surface area contributed by atoms with Crippen LogP contribution < -0.4 is 4.90 Å². The molecule has 2 rings (SSSR count). The summed E-state index contributed by atoms with van der Waals surface area (Å²) in [5.74, 6) is 0.213. The first-order valence-electron chi connectivity index (χ1n) is 5.25. The van der Waals surface area contributed by atoms with E-state index in [0.717, 1.165) is 6.20 Å². The minimum Gasteiger partial charge on any atom is -0.295 e. The SMILES string of the molecule is C=CC1CC(=O)N(c2ncc([N+](=O)[O-])cc2Cl)C1. The molecule has 1 aromatic rings. The van der Waals surface area contributed by atoms with Crippen LogP contribution in [0.1, 0.15) is 6.42 Å². The van der Waals surface area contributed by atoms with E-state index in [2.05, 4.69) is 11.6 Å². The van der Waals surface area contributed by atoms with Gasteiger partial charge in [0.25, 0.3) is 5.69 Å². The number of anilines is 1. The molecule has 1 amide bonds. The summed E-state index contributed by atoms with van der Waals surface area (Å²) in [6.07, 6.45) is 3.16. The topological polar surface area (TPSA) is 76.3 Å². The van der Waals surface area contributed by atoms with Crippen LogP contribution in [0.15, 0.2) is 24.9 Å². The van der Waals surface area contributed by atoms with E-state index in [1.54, 1.807) is 6.08 Å². The minimum atomic E-state index is -0.582. The number of amides is 1. The molecule has 94 valence electrons. The first-order valence-corrected chi connectivity index (χ1v) is 5.63. The molecule has 0 aliphatic carbocycles. The van der Waals surface area contributed by atoms with Gasteiger partial charge in [-0.25, -0.2) is 4.98 Å². The van der Waals surface area contributed by atoms with E-state index in [4.69, 9.17) is 11.6 Å². The molecule has 18 heavy (non-hydrogen) atoms. The molecule has 1 atom stereocenters. The zero-order valence-corrected chi connectivity index (χ0v) is 10.1. The molecule has 0 spiro atoms. The number of aromatic nitrogens is 1. The van der Waals surface area contributed by atoms with Gasteiger partial charge >= 0.3 is 0 Å². The molecule has 2 heterocycles. The van der Waals surface area contributed by atoms with E-state index in [1.165, 1.54) is 11.0 Å². The number of rotatable bonds is 3. The van der Waals surface area contributed by atoms with Crippen molar-refractivity contribution in [1.29, 1.82) is 0 Å². The van der Waals surface area contributed by atoms with E-state index in [9.17, 15) is 14.9 Å². The fourth-order valence-corrected chi connectivity index (χ4v) is 2.08. The quantitative estimate of drug-likeness (QED) is 0.478. The number of halogens is 1. The van der Waals surface area contributed by atoms with Gasteiger partial charge in [0, 0.05) is 24.9 Å². The average Bonchev–Trinajstić information content (AvgIpc) is 2.70. The van der Waals surface area contributed by atoms with Gasteiger partial charge in [-0.05, 0) is 0 Å². The highest BCUT2D eigenvalue weighted by Gasteiger charge is 2.31. The fourth-order valence-electron chi connectivity index (χ4n) is 1.82. The average molecular weight is 268 g/mol. The molecule has 0 saturated carbocycles. The second-order valence-corrected chi connectivity index (χ2v) is 4.37. The standard InChI is InChI=1S/C11H10ClN3O3/c1-2-7-3-10(16)14(6-7)11-9(12)4-8(5-13-11)15(17)18/h2,4-5,7H,1,3,6H2. The lowest BCUT2D eigenvalue weighted by Crippen LogP contribution is -2.25. The molecule has 1 aromatic heterocycles. The lowest BCUT2D eigenvalue weighted by Gasteiger charge is -2.15. The first kappa shape index (κ1) is 12.5. The van der Waals surface area contributed by atoms with Crippen molar-refractivity contribution in [2.45, 2.75) is 6.42 Å². The van der Waals surface area contributed by atoms with Crippen molar-refractivity contribution in [3.8, 4) is 0 Å². The molecule has 7 heteroatoms. The van der Waals surface area contributed by atoms with E-state index in [0.29, 0.717) is 13.0 Å². The normalized spacial score (nSPS) is 19.1. The molecule has 0 bridgehead atoms. The number of nitrogens with zero attached hydrogens (tertiary/aromatic N) is 3. The molecular formula is C11H10ClN3O3. The highest BCUT2D eigenvalue weighted by molar-refractivity contribution is 6.33. The molecule has 1 unspecified atom stereocenters. The van der Waals surface area contributed by atoms with Crippen LogP contribution in [0.3, 0.4) is 0 Å². The fraction of sp³-hybridized carbons (Fsp3) is 0.273. The summed E-state index contributed by atoms with van der Waals surface area (Å²) < 4.78 is 0. The summed E-state index contributed by atoms with van der Waals surface area (Å²) in [6.45, 7) is 4.09. The van der Waals surface area contributed by atoms with Crippen LogP contribution in [0.4, 0.5) is 11.5 Å². The van der Waals surface area contributed by atoms with Crippen LogP contribution in [0, 0.1) is 16.0 Å². The van der Waals surface area contributed by atoms with E-state index >= 15 is 0 Å². The molecule has 1 saturated heterocycles. The number of hydrogen-bond donors (Lipinski definition) is 0. The van der Waals surface area contributed by atoms with E-state index in [-0.39, 0.29) is 28.4 Å². The van der Waals surface area contributed by atoms with Crippen molar-refractivity contribution < 1.29 is 9.72 Å². The van der Waals surface area contributed by atoms with Gasteiger partial charge in [-0.3, -0.25) is 19.8 Å². The van der Waals surface area contributed by atoms with Crippen LogP contribution in [-0.4, -0.2) is 22.4 Å². The van der Waals surface area contributed by atoms with E-state index in [1.807, 2.05) is 0 Å². The zero-order chi connectivity index (χ0) is 13.3. The second-order valence-electron chi connectivity index (χ2n) is 3.96. The van der Waals surface area contributed by atoms with Crippen molar-refractivity contribution in [3.05, 3.63) is 40.1 Å². The predicted molar refractivity (Wildman–Crippen MR) is 66.6 cm³/mol. The Morgan fingerprint density at radius 2 is 2.39 bits per heavy atom. The van der Waals surface area contributed by atoms with Crippen molar-refractivity contribution in [3.63, 3.8) is 0 Å². The Kier molecular flexibility index (Phi) is 3.29. The van der Waals surface area contributed by atoms with Crippen molar-refractivity contribution >= 4 is 29.0 Å². The third-order valence-corrected chi connectivity index (χ3v) is 3.04. The molecule has 0 aromatic carbocycles.